The van der Waals surface area contributed by atoms with Gasteiger partial charge in [0.25, 0.3) is 0 Å². The summed E-state index contributed by atoms with van der Waals surface area (Å²) in [4.78, 5) is 26.7. The molecule has 27 heavy (non-hydrogen) atoms. The SMILES string of the molecule is CCc1ccc(NC(=O)CC(=O)Nc2ccccc2N2CCOCC2)cc1. The molecule has 142 valence electrons. The molecule has 1 heterocycles. The Morgan fingerprint density at radius 2 is 1.63 bits per heavy atom. The van der Waals surface area contributed by atoms with Crippen molar-refractivity contribution in [2.45, 2.75) is 19.8 Å². The summed E-state index contributed by atoms with van der Waals surface area (Å²) in [6.45, 7) is 4.97. The Kier molecular flexibility index (Phi) is 6.44. The van der Waals surface area contributed by atoms with Gasteiger partial charge in [-0.3, -0.25) is 9.59 Å². The van der Waals surface area contributed by atoms with Crippen molar-refractivity contribution in [3.63, 3.8) is 0 Å². The van der Waals surface area contributed by atoms with E-state index in [2.05, 4.69) is 22.5 Å². The van der Waals surface area contributed by atoms with Gasteiger partial charge in [-0.05, 0) is 36.2 Å². The summed E-state index contributed by atoms with van der Waals surface area (Å²) < 4.78 is 5.38. The molecule has 6 nitrogen and oxygen atoms in total. The fourth-order valence-corrected chi connectivity index (χ4v) is 3.03. The number of amides is 2. The first-order valence-electron chi connectivity index (χ1n) is 9.26. The molecule has 6 heteroatoms. The topological polar surface area (TPSA) is 70.7 Å². The van der Waals surface area contributed by atoms with Gasteiger partial charge in [0.15, 0.2) is 0 Å². The van der Waals surface area contributed by atoms with Crippen LogP contribution in [0.15, 0.2) is 48.5 Å². The van der Waals surface area contributed by atoms with Crippen LogP contribution >= 0.6 is 0 Å². The molecule has 2 aromatic rings. The van der Waals surface area contributed by atoms with Gasteiger partial charge in [-0.1, -0.05) is 31.2 Å². The van der Waals surface area contributed by atoms with Crippen LogP contribution in [0.2, 0.25) is 0 Å². The third kappa shape index (κ3) is 5.31. The van der Waals surface area contributed by atoms with Gasteiger partial charge in [0.1, 0.15) is 6.42 Å². The number of rotatable bonds is 6. The lowest BCUT2D eigenvalue weighted by molar-refractivity contribution is -0.123. The van der Waals surface area contributed by atoms with Gasteiger partial charge < -0.3 is 20.3 Å². The average molecular weight is 367 g/mol. The molecule has 2 aromatic carbocycles. The predicted octanol–water partition coefficient (Wildman–Crippen LogP) is 3.05. The highest BCUT2D eigenvalue weighted by Crippen LogP contribution is 2.26. The molecule has 2 N–H and O–H groups in total. The van der Waals surface area contributed by atoms with E-state index in [0.717, 1.165) is 25.2 Å². The van der Waals surface area contributed by atoms with Gasteiger partial charge in [-0.2, -0.15) is 0 Å². The molecular weight excluding hydrogens is 342 g/mol. The fraction of sp³-hybridized carbons (Fsp3) is 0.333. The van der Waals surface area contributed by atoms with Crippen LogP contribution in [0.4, 0.5) is 17.1 Å². The number of morpholine rings is 1. The highest BCUT2D eigenvalue weighted by molar-refractivity contribution is 6.08. The number of hydrogen-bond acceptors (Lipinski definition) is 4. The van der Waals surface area contributed by atoms with Crippen molar-refractivity contribution >= 4 is 28.9 Å². The Hall–Kier alpha value is -2.86. The van der Waals surface area contributed by atoms with Gasteiger partial charge in [-0.15, -0.1) is 0 Å². The first-order valence-corrected chi connectivity index (χ1v) is 9.26. The fourth-order valence-electron chi connectivity index (χ4n) is 3.03. The molecule has 0 bridgehead atoms. The Bertz CT molecular complexity index is 784. The number of aryl methyl sites for hydroxylation is 1. The van der Waals surface area contributed by atoms with E-state index in [-0.39, 0.29) is 18.2 Å². The maximum Gasteiger partial charge on any atom is 0.233 e. The van der Waals surface area contributed by atoms with E-state index in [1.54, 1.807) is 0 Å². The number of nitrogens with one attached hydrogen (secondary N) is 2. The van der Waals surface area contributed by atoms with E-state index in [9.17, 15) is 9.59 Å². The van der Waals surface area contributed by atoms with Crippen molar-refractivity contribution in [1.29, 1.82) is 0 Å². The highest BCUT2D eigenvalue weighted by atomic mass is 16.5. The first kappa shape index (κ1) is 18.9. The molecule has 0 aromatic heterocycles. The summed E-state index contributed by atoms with van der Waals surface area (Å²) in [6, 6.07) is 15.3. The van der Waals surface area contributed by atoms with E-state index < -0.39 is 0 Å². The Morgan fingerprint density at radius 3 is 2.33 bits per heavy atom. The van der Waals surface area contributed by atoms with Gasteiger partial charge >= 0.3 is 0 Å². The maximum atomic E-state index is 12.3. The standard InChI is InChI=1S/C21H25N3O3/c1-2-16-7-9-17(10-8-16)22-20(25)15-21(26)23-18-5-3-4-6-19(18)24-11-13-27-14-12-24/h3-10H,2,11-15H2,1H3,(H,22,25)(H,23,26). The molecule has 3 rings (SSSR count). The van der Waals surface area contributed by atoms with Gasteiger partial charge in [0.2, 0.25) is 11.8 Å². The van der Waals surface area contributed by atoms with Crippen molar-refractivity contribution in [2.24, 2.45) is 0 Å². The number of anilines is 3. The first-order chi connectivity index (χ1) is 13.2. The zero-order valence-corrected chi connectivity index (χ0v) is 15.5. The lowest BCUT2D eigenvalue weighted by atomic mass is 10.1. The van der Waals surface area contributed by atoms with Crippen LogP contribution in [-0.2, 0) is 20.7 Å². The smallest absolute Gasteiger partial charge is 0.233 e. The molecule has 1 saturated heterocycles. The molecule has 0 radical (unpaired) electrons. The van der Waals surface area contributed by atoms with Crippen LogP contribution in [0.1, 0.15) is 18.9 Å². The third-order valence-electron chi connectivity index (χ3n) is 4.50. The number of para-hydroxylation sites is 2. The van der Waals surface area contributed by atoms with Crippen LogP contribution < -0.4 is 15.5 Å². The van der Waals surface area contributed by atoms with E-state index >= 15 is 0 Å². The largest absolute Gasteiger partial charge is 0.378 e. The van der Waals surface area contributed by atoms with E-state index in [1.807, 2.05) is 48.5 Å². The molecule has 2 amide bonds. The summed E-state index contributed by atoms with van der Waals surface area (Å²) in [5.41, 5.74) is 3.55. The highest BCUT2D eigenvalue weighted by Gasteiger charge is 2.17. The zero-order chi connectivity index (χ0) is 19.1. The van der Waals surface area contributed by atoms with Crippen molar-refractivity contribution in [2.75, 3.05) is 41.8 Å². The van der Waals surface area contributed by atoms with Gasteiger partial charge in [0, 0.05) is 18.8 Å². The minimum Gasteiger partial charge on any atom is -0.378 e. The number of ether oxygens (including phenoxy) is 1. The minimum atomic E-state index is -0.335. The predicted molar refractivity (Wildman–Crippen MR) is 107 cm³/mol. The molecular formula is C21H25N3O3. The quantitative estimate of drug-likeness (QED) is 0.770. The number of nitrogens with zero attached hydrogens (tertiary/aromatic N) is 1. The number of carbonyl (C=O) groups excluding carboxylic acids is 2. The summed E-state index contributed by atoms with van der Waals surface area (Å²) in [6.07, 6.45) is 0.714. The van der Waals surface area contributed by atoms with Crippen LogP contribution in [0.3, 0.4) is 0 Å². The van der Waals surface area contributed by atoms with Crippen molar-refractivity contribution in [3.05, 3.63) is 54.1 Å². The Morgan fingerprint density at radius 1 is 0.963 bits per heavy atom. The van der Waals surface area contributed by atoms with E-state index in [1.165, 1.54) is 5.56 Å². The molecule has 0 unspecified atom stereocenters. The van der Waals surface area contributed by atoms with Crippen LogP contribution in [0, 0.1) is 0 Å². The Labute approximate surface area is 159 Å². The van der Waals surface area contributed by atoms with Gasteiger partial charge in [-0.25, -0.2) is 0 Å². The molecule has 1 aliphatic rings. The number of carbonyl (C=O) groups is 2. The second-order valence-electron chi connectivity index (χ2n) is 6.44. The monoisotopic (exact) mass is 367 g/mol. The molecule has 0 saturated carbocycles. The maximum absolute atomic E-state index is 12.3. The van der Waals surface area contributed by atoms with Crippen molar-refractivity contribution in [1.82, 2.24) is 0 Å². The molecule has 1 aliphatic heterocycles. The summed E-state index contributed by atoms with van der Waals surface area (Å²) in [5, 5.41) is 5.62. The van der Waals surface area contributed by atoms with E-state index in [4.69, 9.17) is 4.74 Å². The number of hydrogen-bond donors (Lipinski definition) is 2. The zero-order valence-electron chi connectivity index (χ0n) is 15.5. The second-order valence-corrected chi connectivity index (χ2v) is 6.44. The van der Waals surface area contributed by atoms with Crippen molar-refractivity contribution in [3.8, 4) is 0 Å². The summed E-state index contributed by atoms with van der Waals surface area (Å²) in [5.74, 6) is -0.668. The van der Waals surface area contributed by atoms with Crippen LogP contribution in [-0.4, -0.2) is 38.1 Å². The van der Waals surface area contributed by atoms with Crippen molar-refractivity contribution < 1.29 is 14.3 Å². The average Bonchev–Trinajstić information content (AvgIpc) is 2.69. The summed E-state index contributed by atoms with van der Waals surface area (Å²) in [7, 11) is 0. The molecule has 0 aliphatic carbocycles. The van der Waals surface area contributed by atoms with E-state index in [0.29, 0.717) is 24.6 Å². The molecule has 0 spiro atoms. The minimum absolute atomic E-state index is 0.229. The molecule has 1 fully saturated rings. The Balaban J connectivity index is 1.57. The normalized spacial score (nSPS) is 13.9. The van der Waals surface area contributed by atoms with Gasteiger partial charge in [0.05, 0.1) is 24.6 Å². The number of benzene rings is 2. The lowest BCUT2D eigenvalue weighted by Crippen LogP contribution is -2.36. The second kappa shape index (κ2) is 9.19. The lowest BCUT2D eigenvalue weighted by Gasteiger charge is -2.30. The third-order valence-corrected chi connectivity index (χ3v) is 4.50. The van der Waals surface area contributed by atoms with Crippen LogP contribution in [0.25, 0.3) is 0 Å². The molecule has 0 atom stereocenters. The summed E-state index contributed by atoms with van der Waals surface area (Å²) >= 11 is 0. The van der Waals surface area contributed by atoms with Crippen LogP contribution in [0.5, 0.6) is 0 Å².